The fourth-order valence-electron chi connectivity index (χ4n) is 2.18. The van der Waals surface area contributed by atoms with E-state index in [4.69, 9.17) is 0 Å². The van der Waals surface area contributed by atoms with Gasteiger partial charge in [0.25, 0.3) is 0 Å². The fourth-order valence-corrected chi connectivity index (χ4v) is 3.43. The van der Waals surface area contributed by atoms with E-state index in [1.165, 1.54) is 16.4 Å². The van der Waals surface area contributed by atoms with E-state index in [2.05, 4.69) is 26.8 Å². The zero-order valence-electron chi connectivity index (χ0n) is 12.6. The molecule has 1 aromatic heterocycles. The molecule has 0 bridgehead atoms. The van der Waals surface area contributed by atoms with E-state index in [0.29, 0.717) is 16.8 Å². The van der Waals surface area contributed by atoms with E-state index < -0.39 is 0 Å². The Morgan fingerprint density at radius 3 is 2.87 bits per heavy atom. The molecule has 0 N–H and O–H groups in total. The normalized spacial score (nSPS) is 17.7. The quantitative estimate of drug-likeness (QED) is 0.630. The molecule has 2 heterocycles. The number of allylic oxidation sites excluding steroid dienone is 1. The van der Waals surface area contributed by atoms with Gasteiger partial charge in [-0.25, -0.2) is 0 Å². The molecule has 23 heavy (non-hydrogen) atoms. The Morgan fingerprint density at radius 1 is 1.35 bits per heavy atom. The third kappa shape index (κ3) is 3.73. The van der Waals surface area contributed by atoms with E-state index in [1.54, 1.807) is 11.8 Å². The van der Waals surface area contributed by atoms with Crippen LogP contribution in [0, 0.1) is 5.92 Å². The highest BCUT2D eigenvalue weighted by molar-refractivity contribution is 8.02. The molecule has 0 spiro atoms. The van der Waals surface area contributed by atoms with Crippen molar-refractivity contribution >= 4 is 29.7 Å². The smallest absolute Gasteiger partial charge is 0.265 e. The first kappa shape index (κ1) is 16.0. The Hall–Kier alpha value is -1.86. The molecule has 0 amide bonds. The van der Waals surface area contributed by atoms with Crippen molar-refractivity contribution < 1.29 is 0 Å². The van der Waals surface area contributed by atoms with Crippen LogP contribution in [0.2, 0.25) is 0 Å². The Labute approximate surface area is 142 Å². The Bertz CT molecular complexity index is 786. The van der Waals surface area contributed by atoms with Crippen LogP contribution in [0.4, 0.5) is 0 Å². The van der Waals surface area contributed by atoms with Crippen LogP contribution in [0.25, 0.3) is 11.3 Å². The minimum Gasteiger partial charge on any atom is -0.265 e. The van der Waals surface area contributed by atoms with Gasteiger partial charge >= 0.3 is 5.56 Å². The molecule has 7 heteroatoms. The van der Waals surface area contributed by atoms with Crippen LogP contribution in [0.1, 0.15) is 6.42 Å². The second-order valence-corrected chi connectivity index (χ2v) is 6.70. The summed E-state index contributed by atoms with van der Waals surface area (Å²) >= 11 is 3.12. The molecule has 0 radical (unpaired) electrons. The third-order valence-corrected chi connectivity index (χ3v) is 5.00. The van der Waals surface area contributed by atoms with Crippen molar-refractivity contribution in [2.24, 2.45) is 11.0 Å². The Morgan fingerprint density at radius 2 is 2.17 bits per heavy atom. The first-order valence-electron chi connectivity index (χ1n) is 7.20. The molecule has 1 aliphatic rings. The highest BCUT2D eigenvalue weighted by Crippen LogP contribution is 2.19. The summed E-state index contributed by atoms with van der Waals surface area (Å²) in [4.78, 5) is 12.7. The molecule has 1 atom stereocenters. The van der Waals surface area contributed by atoms with Crippen LogP contribution in [-0.4, -0.2) is 33.1 Å². The van der Waals surface area contributed by atoms with Gasteiger partial charge in [-0.05, 0) is 18.1 Å². The molecule has 1 aromatic carbocycles. The first-order chi connectivity index (χ1) is 11.3. The molecular formula is C16H16N4OS2. The standard InChI is InChI=1S/C16H16N4OS2/c1-22-16-19-18-14(13-7-3-2-4-8-13)15(21)20(16)17-10-12-6-5-9-23-11-12/h2-5,7-10,12H,6,11H2,1H3/b17-10+. The van der Waals surface area contributed by atoms with E-state index in [1.807, 2.05) is 42.8 Å². The molecule has 0 saturated carbocycles. The summed E-state index contributed by atoms with van der Waals surface area (Å²) in [5, 5.41) is 15.2. The Balaban J connectivity index is 1.99. The minimum absolute atomic E-state index is 0.245. The monoisotopic (exact) mass is 344 g/mol. The van der Waals surface area contributed by atoms with E-state index in [-0.39, 0.29) is 5.56 Å². The van der Waals surface area contributed by atoms with Gasteiger partial charge in [0.05, 0.1) is 0 Å². The second kappa shape index (κ2) is 7.61. The largest absolute Gasteiger partial charge is 0.301 e. The molecule has 0 aliphatic carbocycles. The number of rotatable bonds is 4. The number of nitrogens with zero attached hydrogens (tertiary/aromatic N) is 4. The van der Waals surface area contributed by atoms with Crippen molar-refractivity contribution in [1.29, 1.82) is 0 Å². The molecule has 0 fully saturated rings. The van der Waals surface area contributed by atoms with Gasteiger partial charge in [-0.3, -0.25) is 4.79 Å². The van der Waals surface area contributed by atoms with Crippen LogP contribution < -0.4 is 5.56 Å². The van der Waals surface area contributed by atoms with Crippen LogP contribution >= 0.6 is 23.5 Å². The summed E-state index contributed by atoms with van der Waals surface area (Å²) in [5.41, 5.74) is 0.821. The van der Waals surface area contributed by atoms with Crippen LogP contribution in [0.5, 0.6) is 0 Å². The van der Waals surface area contributed by atoms with Crippen molar-refractivity contribution in [3.63, 3.8) is 0 Å². The van der Waals surface area contributed by atoms with Crippen molar-refractivity contribution in [2.45, 2.75) is 11.6 Å². The van der Waals surface area contributed by atoms with Gasteiger partial charge in [0, 0.05) is 23.4 Å². The third-order valence-electron chi connectivity index (χ3n) is 3.38. The number of benzene rings is 1. The lowest BCUT2D eigenvalue weighted by Crippen LogP contribution is -2.24. The summed E-state index contributed by atoms with van der Waals surface area (Å²) in [6.07, 6.45) is 6.78. The lowest BCUT2D eigenvalue weighted by molar-refractivity contribution is 0.645. The zero-order valence-corrected chi connectivity index (χ0v) is 14.3. The van der Waals surface area contributed by atoms with Crippen LogP contribution in [0.3, 0.4) is 0 Å². The van der Waals surface area contributed by atoms with Crippen LogP contribution in [-0.2, 0) is 0 Å². The Kier molecular flexibility index (Phi) is 5.30. The van der Waals surface area contributed by atoms with Gasteiger partial charge in [0.1, 0.15) is 0 Å². The molecule has 3 rings (SSSR count). The van der Waals surface area contributed by atoms with Gasteiger partial charge in [-0.1, -0.05) is 48.2 Å². The van der Waals surface area contributed by atoms with E-state index in [0.717, 1.165) is 17.7 Å². The van der Waals surface area contributed by atoms with Crippen molar-refractivity contribution in [3.8, 4) is 11.3 Å². The molecule has 5 nitrogen and oxygen atoms in total. The van der Waals surface area contributed by atoms with Crippen LogP contribution in [0.15, 0.2) is 56.9 Å². The predicted octanol–water partition coefficient (Wildman–Crippen LogP) is 3.13. The molecule has 2 aromatic rings. The summed E-state index contributed by atoms with van der Waals surface area (Å²) in [6.45, 7) is 0. The lowest BCUT2D eigenvalue weighted by atomic mass is 10.1. The van der Waals surface area contributed by atoms with Gasteiger partial charge in [0.15, 0.2) is 5.69 Å². The average Bonchev–Trinajstić information content (AvgIpc) is 2.62. The topological polar surface area (TPSA) is 60.1 Å². The maximum Gasteiger partial charge on any atom is 0.301 e. The summed E-state index contributed by atoms with van der Waals surface area (Å²) < 4.78 is 1.35. The number of hydrogen-bond acceptors (Lipinski definition) is 6. The van der Waals surface area contributed by atoms with Gasteiger partial charge < -0.3 is 0 Å². The van der Waals surface area contributed by atoms with Crippen molar-refractivity contribution in [2.75, 3.05) is 12.0 Å². The highest BCUT2D eigenvalue weighted by Gasteiger charge is 2.13. The number of thioether (sulfide) groups is 2. The molecular weight excluding hydrogens is 328 g/mol. The summed E-state index contributed by atoms with van der Waals surface area (Å²) in [7, 11) is 0. The first-order valence-corrected chi connectivity index (χ1v) is 9.47. The van der Waals surface area contributed by atoms with Gasteiger partial charge in [-0.2, -0.15) is 9.78 Å². The number of hydrogen-bond donors (Lipinski definition) is 0. The molecule has 1 aliphatic heterocycles. The summed E-state index contributed by atoms with van der Waals surface area (Å²) in [6, 6.07) is 9.34. The zero-order chi connectivity index (χ0) is 16.1. The average molecular weight is 344 g/mol. The van der Waals surface area contributed by atoms with Crippen molar-refractivity contribution in [1.82, 2.24) is 14.9 Å². The maximum absolute atomic E-state index is 12.7. The second-order valence-electron chi connectivity index (χ2n) is 4.98. The van der Waals surface area contributed by atoms with Crippen molar-refractivity contribution in [3.05, 3.63) is 52.2 Å². The highest BCUT2D eigenvalue weighted by atomic mass is 32.2. The van der Waals surface area contributed by atoms with Gasteiger partial charge in [0.2, 0.25) is 5.16 Å². The predicted molar refractivity (Wildman–Crippen MR) is 97.1 cm³/mol. The van der Waals surface area contributed by atoms with E-state index >= 15 is 0 Å². The SMILES string of the molecule is CSc1nnc(-c2ccccc2)c(=O)n1/N=C/C1CC=CSC1. The summed E-state index contributed by atoms with van der Waals surface area (Å²) in [5.74, 6) is 1.31. The van der Waals surface area contributed by atoms with E-state index in [9.17, 15) is 4.79 Å². The lowest BCUT2D eigenvalue weighted by Gasteiger charge is -2.12. The maximum atomic E-state index is 12.7. The van der Waals surface area contributed by atoms with Gasteiger partial charge in [-0.15, -0.1) is 22.0 Å². The molecule has 118 valence electrons. The number of aromatic nitrogens is 3. The minimum atomic E-state index is -0.245. The fraction of sp³-hybridized carbons (Fsp3) is 0.250. The molecule has 0 saturated heterocycles. The molecule has 1 unspecified atom stereocenters.